The highest BCUT2D eigenvalue weighted by molar-refractivity contribution is 5.63. The summed E-state index contributed by atoms with van der Waals surface area (Å²) >= 11 is 0. The number of hydrogen-bond donors (Lipinski definition) is 1. The van der Waals surface area contributed by atoms with Gasteiger partial charge in [-0.05, 0) is 25.5 Å². The molecular formula is C13H15N3. The van der Waals surface area contributed by atoms with E-state index in [2.05, 4.69) is 42.0 Å². The molecule has 0 unspecified atom stereocenters. The highest BCUT2D eigenvalue weighted by atomic mass is 14.9. The molecule has 0 aliphatic carbocycles. The van der Waals surface area contributed by atoms with Crippen molar-refractivity contribution in [3.05, 3.63) is 47.4 Å². The Hall–Kier alpha value is -1.74. The Morgan fingerprint density at radius 2 is 2.00 bits per heavy atom. The summed E-state index contributed by atoms with van der Waals surface area (Å²) in [5.74, 6) is 0.678. The molecule has 2 aromatic rings. The number of rotatable bonds is 2. The molecule has 16 heavy (non-hydrogen) atoms. The highest BCUT2D eigenvalue weighted by Crippen LogP contribution is 2.21. The molecule has 0 fully saturated rings. The van der Waals surface area contributed by atoms with Crippen molar-refractivity contribution in [1.29, 1.82) is 0 Å². The first-order chi connectivity index (χ1) is 7.70. The van der Waals surface area contributed by atoms with Gasteiger partial charge in [-0.2, -0.15) is 0 Å². The first-order valence-electron chi connectivity index (χ1n) is 5.30. The van der Waals surface area contributed by atoms with Crippen LogP contribution in [0.2, 0.25) is 0 Å². The van der Waals surface area contributed by atoms with Crippen molar-refractivity contribution in [2.24, 2.45) is 5.73 Å². The van der Waals surface area contributed by atoms with Gasteiger partial charge in [-0.25, -0.2) is 9.97 Å². The van der Waals surface area contributed by atoms with Crippen LogP contribution < -0.4 is 5.73 Å². The number of nitrogens with zero attached hydrogens (tertiary/aromatic N) is 2. The van der Waals surface area contributed by atoms with Crippen LogP contribution in [-0.4, -0.2) is 9.97 Å². The van der Waals surface area contributed by atoms with Crippen LogP contribution >= 0.6 is 0 Å². The van der Waals surface area contributed by atoms with Gasteiger partial charge in [0.05, 0.1) is 12.2 Å². The lowest BCUT2D eigenvalue weighted by atomic mass is 10.0. The molecule has 1 aromatic heterocycles. The van der Waals surface area contributed by atoms with Gasteiger partial charge in [0.1, 0.15) is 5.82 Å². The average molecular weight is 213 g/mol. The maximum atomic E-state index is 5.53. The molecule has 0 aliphatic rings. The normalized spacial score (nSPS) is 10.4. The van der Waals surface area contributed by atoms with Gasteiger partial charge in [-0.1, -0.05) is 23.8 Å². The minimum atomic E-state index is 0.374. The van der Waals surface area contributed by atoms with E-state index < -0.39 is 0 Å². The summed E-state index contributed by atoms with van der Waals surface area (Å²) in [7, 11) is 0. The van der Waals surface area contributed by atoms with Crippen LogP contribution in [0.1, 0.15) is 17.0 Å². The van der Waals surface area contributed by atoms with Crippen LogP contribution in [0.5, 0.6) is 0 Å². The van der Waals surface area contributed by atoms with E-state index >= 15 is 0 Å². The number of nitrogens with two attached hydrogens (primary N) is 1. The van der Waals surface area contributed by atoms with Gasteiger partial charge in [-0.15, -0.1) is 0 Å². The third kappa shape index (κ3) is 2.09. The third-order valence-electron chi connectivity index (χ3n) is 2.55. The number of aromatic nitrogens is 2. The first kappa shape index (κ1) is 10.8. The van der Waals surface area contributed by atoms with Crippen LogP contribution in [0.25, 0.3) is 11.3 Å². The summed E-state index contributed by atoms with van der Waals surface area (Å²) in [6.07, 6.45) is 1.75. The maximum absolute atomic E-state index is 5.53. The molecule has 1 aromatic carbocycles. The minimum Gasteiger partial charge on any atom is -0.324 e. The fourth-order valence-corrected chi connectivity index (χ4v) is 1.75. The molecule has 3 heteroatoms. The monoisotopic (exact) mass is 213 g/mol. The molecule has 0 bridgehead atoms. The van der Waals surface area contributed by atoms with Gasteiger partial charge in [-0.3, -0.25) is 0 Å². The van der Waals surface area contributed by atoms with E-state index in [1.54, 1.807) is 6.20 Å². The molecule has 0 saturated carbocycles. The van der Waals surface area contributed by atoms with Gasteiger partial charge in [0, 0.05) is 11.8 Å². The van der Waals surface area contributed by atoms with Crippen molar-refractivity contribution in [3.63, 3.8) is 0 Å². The zero-order chi connectivity index (χ0) is 11.5. The summed E-state index contributed by atoms with van der Waals surface area (Å²) in [6.45, 7) is 4.55. The maximum Gasteiger partial charge on any atom is 0.142 e. The lowest BCUT2D eigenvalue weighted by molar-refractivity contribution is 0.911. The fourth-order valence-electron chi connectivity index (χ4n) is 1.75. The average Bonchev–Trinajstić information content (AvgIpc) is 2.29. The summed E-state index contributed by atoms with van der Waals surface area (Å²) < 4.78 is 0. The van der Waals surface area contributed by atoms with Crippen molar-refractivity contribution < 1.29 is 0 Å². The molecule has 82 valence electrons. The Kier molecular flexibility index (Phi) is 2.97. The molecule has 1 heterocycles. The largest absolute Gasteiger partial charge is 0.324 e. The van der Waals surface area contributed by atoms with Crippen LogP contribution in [0.4, 0.5) is 0 Å². The van der Waals surface area contributed by atoms with Gasteiger partial charge in [0.25, 0.3) is 0 Å². The number of hydrogen-bond acceptors (Lipinski definition) is 3. The number of benzene rings is 1. The predicted molar refractivity (Wildman–Crippen MR) is 64.8 cm³/mol. The zero-order valence-corrected chi connectivity index (χ0v) is 9.57. The summed E-state index contributed by atoms with van der Waals surface area (Å²) in [4.78, 5) is 8.51. The third-order valence-corrected chi connectivity index (χ3v) is 2.55. The number of aryl methyl sites for hydroxylation is 2. The first-order valence-corrected chi connectivity index (χ1v) is 5.30. The van der Waals surface area contributed by atoms with Crippen LogP contribution in [-0.2, 0) is 6.54 Å². The van der Waals surface area contributed by atoms with Gasteiger partial charge in [0.2, 0.25) is 0 Å². The Balaban J connectivity index is 2.49. The van der Waals surface area contributed by atoms with Crippen LogP contribution in [0.3, 0.4) is 0 Å². The van der Waals surface area contributed by atoms with Gasteiger partial charge >= 0.3 is 0 Å². The van der Waals surface area contributed by atoms with Crippen LogP contribution in [0, 0.1) is 13.8 Å². The Labute approximate surface area is 95.4 Å². The quantitative estimate of drug-likeness (QED) is 0.832. The zero-order valence-electron chi connectivity index (χ0n) is 9.57. The minimum absolute atomic E-state index is 0.374. The van der Waals surface area contributed by atoms with E-state index in [0.717, 1.165) is 11.3 Å². The Morgan fingerprint density at radius 3 is 2.69 bits per heavy atom. The van der Waals surface area contributed by atoms with E-state index in [9.17, 15) is 0 Å². The molecule has 0 aliphatic heterocycles. The standard InChI is InChI=1S/C13H15N3/c1-9-3-4-11(10(2)7-9)12-5-6-15-13(8-14)16-12/h3-7H,8,14H2,1-2H3. The Bertz CT molecular complexity index is 506. The molecule has 0 atom stereocenters. The fraction of sp³-hybridized carbons (Fsp3) is 0.231. The van der Waals surface area contributed by atoms with Crippen molar-refractivity contribution >= 4 is 0 Å². The van der Waals surface area contributed by atoms with E-state index in [-0.39, 0.29) is 0 Å². The van der Waals surface area contributed by atoms with E-state index in [1.807, 2.05) is 6.07 Å². The molecule has 0 spiro atoms. The van der Waals surface area contributed by atoms with E-state index in [4.69, 9.17) is 5.73 Å². The summed E-state index contributed by atoms with van der Waals surface area (Å²) in [5.41, 5.74) is 10.1. The van der Waals surface area contributed by atoms with Crippen LogP contribution in [0.15, 0.2) is 30.5 Å². The molecule has 2 N–H and O–H groups in total. The smallest absolute Gasteiger partial charge is 0.142 e. The van der Waals surface area contributed by atoms with E-state index in [1.165, 1.54) is 11.1 Å². The molecular weight excluding hydrogens is 198 g/mol. The van der Waals surface area contributed by atoms with Crippen molar-refractivity contribution in [2.45, 2.75) is 20.4 Å². The molecule has 0 radical (unpaired) electrons. The van der Waals surface area contributed by atoms with E-state index in [0.29, 0.717) is 12.4 Å². The van der Waals surface area contributed by atoms with Crippen molar-refractivity contribution in [1.82, 2.24) is 9.97 Å². The van der Waals surface area contributed by atoms with Gasteiger partial charge in [0.15, 0.2) is 0 Å². The molecule has 0 saturated heterocycles. The highest BCUT2D eigenvalue weighted by Gasteiger charge is 2.04. The second kappa shape index (κ2) is 4.41. The predicted octanol–water partition coefficient (Wildman–Crippen LogP) is 2.22. The lowest BCUT2D eigenvalue weighted by Gasteiger charge is -2.07. The van der Waals surface area contributed by atoms with Crippen molar-refractivity contribution in [2.75, 3.05) is 0 Å². The Morgan fingerprint density at radius 1 is 1.19 bits per heavy atom. The molecule has 0 amide bonds. The van der Waals surface area contributed by atoms with Crippen molar-refractivity contribution in [3.8, 4) is 11.3 Å². The second-order valence-electron chi connectivity index (χ2n) is 3.88. The second-order valence-corrected chi connectivity index (χ2v) is 3.88. The lowest BCUT2D eigenvalue weighted by Crippen LogP contribution is -2.03. The van der Waals surface area contributed by atoms with Gasteiger partial charge < -0.3 is 5.73 Å². The molecule has 2 rings (SSSR count). The summed E-state index contributed by atoms with van der Waals surface area (Å²) in [6, 6.07) is 8.25. The summed E-state index contributed by atoms with van der Waals surface area (Å²) in [5, 5.41) is 0. The topological polar surface area (TPSA) is 51.8 Å². The molecule has 3 nitrogen and oxygen atoms in total. The SMILES string of the molecule is Cc1ccc(-c2ccnc(CN)n2)c(C)c1.